The van der Waals surface area contributed by atoms with Gasteiger partial charge in [0, 0.05) is 61.4 Å². The zero-order valence-electron chi connectivity index (χ0n) is 55.3. The molecule has 0 saturated carbocycles. The Kier molecular flexibility index (Phi) is 18.0. The highest BCUT2D eigenvalue weighted by Crippen LogP contribution is 2.60. The molecule has 4 aliphatic rings. The summed E-state index contributed by atoms with van der Waals surface area (Å²) in [5, 5.41) is 0. The van der Waals surface area contributed by atoms with E-state index in [1.165, 1.54) is 34.0 Å². The van der Waals surface area contributed by atoms with Crippen molar-refractivity contribution in [3.8, 4) is 57.3 Å². The largest absolute Gasteiger partial charge is 0.472 e. The molecule has 2 atom stereocenters. The summed E-state index contributed by atoms with van der Waals surface area (Å²) >= 11 is 5.13. The van der Waals surface area contributed by atoms with E-state index in [0.717, 1.165) is 116 Å². The van der Waals surface area contributed by atoms with Crippen LogP contribution in [0.2, 0.25) is 0 Å². The van der Waals surface area contributed by atoms with Crippen LogP contribution < -0.4 is 4.74 Å². The molecule has 0 aliphatic heterocycles. The summed E-state index contributed by atoms with van der Waals surface area (Å²) < 4.78 is 26.4. The molecule has 0 radical (unpaired) electrons. The van der Waals surface area contributed by atoms with E-state index in [2.05, 4.69) is 18.5 Å². The molecule has 0 N–H and O–H groups in total. The zero-order valence-corrected chi connectivity index (χ0v) is 58.6. The van der Waals surface area contributed by atoms with Crippen molar-refractivity contribution in [1.82, 2.24) is 9.97 Å². The first-order valence-electron chi connectivity index (χ1n) is 33.4. The number of aromatic nitrogens is 2. The van der Waals surface area contributed by atoms with Crippen LogP contribution in [-0.4, -0.2) is 57.2 Å². The number of hydrogen-bond donors (Lipinski definition) is 0. The summed E-state index contributed by atoms with van der Waals surface area (Å²) in [6.07, 6.45) is 15.5. The van der Waals surface area contributed by atoms with Crippen molar-refractivity contribution >= 4 is 86.0 Å². The van der Waals surface area contributed by atoms with Crippen molar-refractivity contribution < 1.29 is 51.9 Å². The molecule has 13 nitrogen and oxygen atoms in total. The average molecular weight is 1350 g/mol. The van der Waals surface area contributed by atoms with E-state index in [-0.39, 0.29) is 98.4 Å². The minimum Gasteiger partial charge on any atom is -0.472 e. The summed E-state index contributed by atoms with van der Waals surface area (Å²) in [5.74, 6) is -2.06. The van der Waals surface area contributed by atoms with E-state index in [9.17, 15) is 4.79 Å². The Morgan fingerprint density at radius 2 is 1.06 bits per heavy atom. The highest BCUT2D eigenvalue weighted by molar-refractivity contribution is 7.30. The number of rotatable bonds is 25. The summed E-state index contributed by atoms with van der Waals surface area (Å²) in [5.41, 5.74) is 3.76. The van der Waals surface area contributed by atoms with Crippen molar-refractivity contribution in [3.63, 3.8) is 0 Å². The fourth-order valence-corrected chi connectivity index (χ4v) is 19.2. The number of thiophene rings is 4. The number of fused-ring (bicyclic) bond motifs is 10. The molecule has 6 heterocycles. The summed E-state index contributed by atoms with van der Waals surface area (Å²) in [6.45, 7) is 21.2. The maximum Gasteiger partial charge on any atom is 0.324 e. The maximum atomic E-state index is 16.4. The van der Waals surface area contributed by atoms with E-state index in [1.807, 2.05) is 84.9 Å². The summed E-state index contributed by atoms with van der Waals surface area (Å²) in [6, 6.07) is 18.2. The number of allylic oxidation sites excluding steroid dienone is 1. The van der Waals surface area contributed by atoms with Gasteiger partial charge in [-0.3, -0.25) is 33.6 Å². The predicted octanol–water partition coefficient (Wildman–Crippen LogP) is 20.3. The lowest BCUT2D eigenvalue weighted by Gasteiger charge is -2.34. The van der Waals surface area contributed by atoms with Gasteiger partial charge >= 0.3 is 5.97 Å². The molecule has 4 aliphatic carbocycles. The number of ether oxygens (including phenoxy) is 2. The van der Waals surface area contributed by atoms with Crippen molar-refractivity contribution in [2.24, 2.45) is 0 Å². The predicted molar refractivity (Wildman–Crippen MR) is 375 cm³/mol. The van der Waals surface area contributed by atoms with Gasteiger partial charge in [0.25, 0.3) is 0 Å². The van der Waals surface area contributed by atoms with Crippen molar-refractivity contribution in [2.75, 3.05) is 6.61 Å². The third-order valence-electron chi connectivity index (χ3n) is 19.6. The van der Waals surface area contributed by atoms with Crippen molar-refractivity contribution in [1.29, 1.82) is 0 Å². The standard InChI is InChI=1S/C78H76N2O11S4/c1-11-14-17-19-20-21-22-23-24-25-31-77(76(87)88-33-16-13-3)53-39-55(69-57-56(45(9)92-69)61(81)48-34-41(5)42(6)35-49(48)62(57)82)94-68(53)67-52(73(77)85)38-54(93-67)70-58-59(64(84)51-37-44(8)43(7)36-50(51)63(58)83)71(95-70)75-80-72-66(90-75)65-60(79-46(10)89-65)74(86)78(72,32-26-18-15-12-2)91-47-29-27-40(4)28-30-47/h11,27-30,34-39H,1,12-26,31-33H2,2-10H3. The highest BCUT2D eigenvalue weighted by Gasteiger charge is 2.57. The van der Waals surface area contributed by atoms with Gasteiger partial charge < -0.3 is 18.3 Å². The molecule has 0 spiro atoms. The first-order valence-corrected chi connectivity index (χ1v) is 36.7. The molecule has 2 unspecified atom stereocenters. The highest BCUT2D eigenvalue weighted by atomic mass is 32.1. The van der Waals surface area contributed by atoms with Crippen LogP contribution in [0.15, 0.2) is 82.2 Å². The molecule has 0 amide bonds. The zero-order chi connectivity index (χ0) is 66.9. The number of benzene rings is 3. The Labute approximate surface area is 569 Å². The molecule has 13 rings (SSSR count). The number of carbonyl (C=O) groups excluding carboxylic acids is 7. The molecule has 3 aromatic carbocycles. The molecular formula is C78H76N2O11S4. The van der Waals surface area contributed by atoms with Gasteiger partial charge in [-0.1, -0.05) is 108 Å². The lowest BCUT2D eigenvalue weighted by molar-refractivity contribution is -0.149. The van der Waals surface area contributed by atoms with Gasteiger partial charge in [-0.2, -0.15) is 0 Å². The summed E-state index contributed by atoms with van der Waals surface area (Å²) in [4.78, 5) is 122. The first kappa shape index (κ1) is 65.6. The van der Waals surface area contributed by atoms with E-state index in [4.69, 9.17) is 23.3 Å². The van der Waals surface area contributed by atoms with E-state index < -0.39 is 40.1 Å². The topological polar surface area (TPSA) is 190 Å². The van der Waals surface area contributed by atoms with Gasteiger partial charge in [-0.05, 0) is 150 Å². The Bertz CT molecular complexity index is 4690. The fraction of sp³-hybridized carbons (Fsp3) is 0.372. The molecule has 488 valence electrons. The monoisotopic (exact) mass is 1340 g/mol. The number of hydrogen-bond acceptors (Lipinski definition) is 17. The van der Waals surface area contributed by atoms with Gasteiger partial charge in [0.15, 0.2) is 45.9 Å². The lowest BCUT2D eigenvalue weighted by Crippen LogP contribution is -2.47. The molecule has 6 aromatic heterocycles. The van der Waals surface area contributed by atoms with E-state index in [0.29, 0.717) is 87.0 Å². The average Bonchev–Trinajstić information content (AvgIpc) is 1.57. The van der Waals surface area contributed by atoms with Gasteiger partial charge in [-0.25, -0.2) is 9.97 Å². The van der Waals surface area contributed by atoms with E-state index in [1.54, 1.807) is 37.3 Å². The quantitative estimate of drug-likeness (QED) is 0.0228. The van der Waals surface area contributed by atoms with E-state index >= 15 is 28.8 Å². The van der Waals surface area contributed by atoms with Crippen LogP contribution in [0.1, 0.15) is 257 Å². The molecular weight excluding hydrogens is 1270 g/mol. The van der Waals surface area contributed by atoms with Crippen LogP contribution in [0.3, 0.4) is 0 Å². The van der Waals surface area contributed by atoms with Crippen LogP contribution in [-0.2, 0) is 20.5 Å². The van der Waals surface area contributed by atoms with Gasteiger partial charge in [-0.15, -0.1) is 51.9 Å². The molecule has 17 heteroatoms. The van der Waals surface area contributed by atoms with Crippen LogP contribution >= 0.6 is 45.3 Å². The molecule has 9 aromatic rings. The molecule has 0 saturated heterocycles. The van der Waals surface area contributed by atoms with Crippen LogP contribution in [0.4, 0.5) is 0 Å². The van der Waals surface area contributed by atoms with Gasteiger partial charge in [0.2, 0.25) is 28.8 Å². The number of nitrogens with zero attached hydrogens (tertiary/aromatic N) is 2. The SMILES string of the molecule is C=CCCCCCCCCCCC1(C(=O)OCCCC)C(=O)c2cc(-c3sc(-c4nc5c(o4)-c4oc(C)nc4C(=O)C5(CCCCCC)Oc4ccc(C)cc4)c4c3C(=O)c3cc(C)c(C)cc3C4=O)sc2-c2sc(-c3sc(C)c4c3C(=O)c3cc(C)c(C)cc3C4=O)cc21. The third-order valence-corrected chi connectivity index (χ3v) is 24.6. The van der Waals surface area contributed by atoms with Crippen LogP contribution in [0, 0.1) is 48.5 Å². The molecule has 95 heavy (non-hydrogen) atoms. The number of esters is 1. The van der Waals surface area contributed by atoms with Crippen molar-refractivity contribution in [2.45, 2.75) is 182 Å². The number of oxazole rings is 2. The lowest BCUT2D eigenvalue weighted by atomic mass is 9.68. The second-order valence-electron chi connectivity index (χ2n) is 26.1. The number of ketones is 6. The second-order valence-corrected chi connectivity index (χ2v) is 30.5. The fourth-order valence-electron chi connectivity index (χ4n) is 14.1. The normalized spacial score (nSPS) is 16.7. The molecule has 0 fully saturated rings. The Balaban J connectivity index is 1.00. The maximum absolute atomic E-state index is 16.4. The number of Topliss-reactive ketones (excluding diaryl/α,β-unsaturated/α-hetero) is 2. The molecule has 0 bridgehead atoms. The Morgan fingerprint density at radius 3 is 1.68 bits per heavy atom. The van der Waals surface area contributed by atoms with Crippen LogP contribution in [0.5, 0.6) is 5.75 Å². The van der Waals surface area contributed by atoms with Gasteiger partial charge in [0.05, 0.1) is 42.8 Å². The second kappa shape index (κ2) is 26.1. The summed E-state index contributed by atoms with van der Waals surface area (Å²) in [7, 11) is 0. The number of carbonyl (C=O) groups is 7. The Morgan fingerprint density at radius 1 is 0.526 bits per heavy atom. The smallest absolute Gasteiger partial charge is 0.324 e. The third kappa shape index (κ3) is 11.1. The first-order chi connectivity index (χ1) is 45.8. The Hall–Kier alpha value is -8.09. The van der Waals surface area contributed by atoms with Crippen molar-refractivity contribution in [3.05, 3.63) is 179 Å². The minimum atomic E-state index is -1.82. The van der Waals surface area contributed by atoms with Crippen LogP contribution in [0.25, 0.3) is 51.6 Å². The number of unbranched alkanes of at least 4 members (excludes halogenated alkanes) is 12. The number of aryl methyl sites for hydroxylation is 7. The van der Waals surface area contributed by atoms with Gasteiger partial charge in [0.1, 0.15) is 16.3 Å². The minimum absolute atomic E-state index is 0.0330.